The molecule has 1 rings (SSSR count). The predicted molar refractivity (Wildman–Crippen MR) is 78.4 cm³/mol. The summed E-state index contributed by atoms with van der Waals surface area (Å²) in [4.78, 5) is 0.165. The summed E-state index contributed by atoms with van der Waals surface area (Å²) < 4.78 is 22.3. The molecule has 1 atom stereocenters. The fraction of sp³-hybridized carbons (Fsp3) is 0.571. The smallest absolute Gasteiger partial charge is 0.238 e. The molecule has 0 aliphatic rings. The molecule has 0 aliphatic carbocycles. The summed E-state index contributed by atoms with van der Waals surface area (Å²) in [7, 11) is -3.58. The second-order valence-corrected chi connectivity index (χ2v) is 6.71. The predicted octanol–water partition coefficient (Wildman–Crippen LogP) is 1.90. The highest BCUT2D eigenvalue weighted by Crippen LogP contribution is 2.10. The fourth-order valence-corrected chi connectivity index (χ4v) is 2.61. The van der Waals surface area contributed by atoms with Gasteiger partial charge in [-0.25, -0.2) is 13.6 Å². The van der Waals surface area contributed by atoms with Crippen LogP contribution < -0.4 is 10.5 Å². The van der Waals surface area contributed by atoms with Gasteiger partial charge in [-0.15, -0.1) is 0 Å². The molecule has 0 heterocycles. The Hall–Kier alpha value is -0.910. The number of sulfonamides is 1. The molecule has 3 N–H and O–H groups in total. The zero-order valence-electron chi connectivity index (χ0n) is 11.9. The number of nitrogens with one attached hydrogen (secondary N) is 1. The Morgan fingerprint density at radius 2 is 1.79 bits per heavy atom. The quantitative estimate of drug-likeness (QED) is 0.803. The average molecular weight is 284 g/mol. The molecule has 0 spiro atoms. The van der Waals surface area contributed by atoms with Crippen LogP contribution in [0.5, 0.6) is 0 Å². The lowest BCUT2D eigenvalue weighted by Gasteiger charge is -2.20. The normalized spacial score (nSPS) is 13.7. The number of benzene rings is 1. The highest BCUT2D eigenvalue weighted by Gasteiger charge is 2.10. The van der Waals surface area contributed by atoms with Crippen LogP contribution in [0.15, 0.2) is 29.2 Å². The van der Waals surface area contributed by atoms with E-state index >= 15 is 0 Å². The van der Waals surface area contributed by atoms with Crippen LogP contribution >= 0.6 is 0 Å². The third-order valence-corrected chi connectivity index (χ3v) is 4.25. The molecule has 0 bridgehead atoms. The fourth-order valence-electron chi connectivity index (χ4n) is 2.10. The minimum atomic E-state index is -3.58. The third-order valence-electron chi connectivity index (χ3n) is 3.32. The molecule has 4 nitrogen and oxygen atoms in total. The van der Waals surface area contributed by atoms with Crippen LogP contribution in [0.3, 0.4) is 0 Å². The van der Waals surface area contributed by atoms with Crippen molar-refractivity contribution < 1.29 is 8.42 Å². The topological polar surface area (TPSA) is 72.2 Å². The lowest BCUT2D eigenvalue weighted by Crippen LogP contribution is -2.34. The second kappa shape index (κ2) is 7.03. The van der Waals surface area contributed by atoms with E-state index in [1.54, 1.807) is 12.1 Å². The highest BCUT2D eigenvalue weighted by molar-refractivity contribution is 7.89. The SMILES string of the molecule is CCC(NCCc1ccc(S(N)(=O)=O)cc1)C(C)C. The highest BCUT2D eigenvalue weighted by atomic mass is 32.2. The van der Waals surface area contributed by atoms with Gasteiger partial charge in [0.05, 0.1) is 4.90 Å². The van der Waals surface area contributed by atoms with Crippen LogP contribution in [0.1, 0.15) is 32.8 Å². The molecule has 1 aromatic rings. The van der Waals surface area contributed by atoms with Crippen molar-refractivity contribution in [3.63, 3.8) is 0 Å². The van der Waals surface area contributed by atoms with Gasteiger partial charge in [0, 0.05) is 6.04 Å². The maximum absolute atomic E-state index is 11.1. The molecular weight excluding hydrogens is 260 g/mol. The molecule has 0 saturated carbocycles. The van der Waals surface area contributed by atoms with Gasteiger partial charge in [-0.1, -0.05) is 32.9 Å². The Bertz CT molecular complexity index is 481. The number of hydrogen-bond donors (Lipinski definition) is 2. The van der Waals surface area contributed by atoms with E-state index in [0.717, 1.165) is 24.9 Å². The van der Waals surface area contributed by atoms with Gasteiger partial charge in [-0.05, 0) is 43.0 Å². The third kappa shape index (κ3) is 5.30. The lowest BCUT2D eigenvalue weighted by atomic mass is 10.0. The van der Waals surface area contributed by atoms with Crippen LogP contribution in [0.4, 0.5) is 0 Å². The minimum Gasteiger partial charge on any atom is -0.313 e. The Kier molecular flexibility index (Phi) is 5.97. The van der Waals surface area contributed by atoms with Crippen LogP contribution in [0.25, 0.3) is 0 Å². The summed E-state index contributed by atoms with van der Waals surface area (Å²) in [6.45, 7) is 7.49. The molecule has 0 amide bonds. The summed E-state index contributed by atoms with van der Waals surface area (Å²) in [6.07, 6.45) is 2.00. The summed E-state index contributed by atoms with van der Waals surface area (Å²) in [6, 6.07) is 7.29. The van der Waals surface area contributed by atoms with Crippen molar-refractivity contribution in [3.05, 3.63) is 29.8 Å². The first-order valence-electron chi connectivity index (χ1n) is 6.69. The summed E-state index contributed by atoms with van der Waals surface area (Å²) >= 11 is 0. The zero-order chi connectivity index (χ0) is 14.5. The van der Waals surface area contributed by atoms with Crippen molar-refractivity contribution >= 4 is 10.0 Å². The van der Waals surface area contributed by atoms with Crippen molar-refractivity contribution in [2.45, 2.75) is 44.6 Å². The van der Waals surface area contributed by atoms with E-state index < -0.39 is 10.0 Å². The number of primary sulfonamides is 1. The van der Waals surface area contributed by atoms with Crippen LogP contribution in [0, 0.1) is 5.92 Å². The molecule has 0 aromatic heterocycles. The molecule has 19 heavy (non-hydrogen) atoms. The Labute approximate surface area is 116 Å². The number of hydrogen-bond acceptors (Lipinski definition) is 3. The number of rotatable bonds is 7. The zero-order valence-corrected chi connectivity index (χ0v) is 12.7. The van der Waals surface area contributed by atoms with Gasteiger partial charge in [-0.3, -0.25) is 0 Å². The number of nitrogens with two attached hydrogens (primary N) is 1. The molecule has 1 aromatic carbocycles. The van der Waals surface area contributed by atoms with Gasteiger partial charge < -0.3 is 5.32 Å². The van der Waals surface area contributed by atoms with Gasteiger partial charge in [0.1, 0.15) is 0 Å². The standard InChI is InChI=1S/C14H24N2O2S/c1-4-14(11(2)3)16-10-9-12-5-7-13(8-6-12)19(15,17)18/h5-8,11,14,16H,4,9-10H2,1-3H3,(H2,15,17,18). The minimum absolute atomic E-state index is 0.165. The van der Waals surface area contributed by atoms with E-state index in [2.05, 4.69) is 26.1 Å². The molecule has 108 valence electrons. The van der Waals surface area contributed by atoms with E-state index in [1.165, 1.54) is 0 Å². The first-order valence-corrected chi connectivity index (χ1v) is 8.24. The van der Waals surface area contributed by atoms with E-state index in [4.69, 9.17) is 5.14 Å². The van der Waals surface area contributed by atoms with E-state index in [1.807, 2.05) is 12.1 Å². The molecule has 1 unspecified atom stereocenters. The monoisotopic (exact) mass is 284 g/mol. The maximum atomic E-state index is 11.1. The summed E-state index contributed by atoms with van der Waals surface area (Å²) in [5, 5.41) is 8.58. The van der Waals surface area contributed by atoms with Crippen molar-refractivity contribution in [3.8, 4) is 0 Å². The first-order chi connectivity index (χ1) is 8.84. The molecular formula is C14H24N2O2S. The molecule has 0 saturated heterocycles. The van der Waals surface area contributed by atoms with Crippen molar-refractivity contribution in [1.29, 1.82) is 0 Å². The molecule has 0 radical (unpaired) electrons. The van der Waals surface area contributed by atoms with E-state index in [-0.39, 0.29) is 4.90 Å². The van der Waals surface area contributed by atoms with Gasteiger partial charge in [0.25, 0.3) is 0 Å². The van der Waals surface area contributed by atoms with Crippen molar-refractivity contribution in [1.82, 2.24) is 5.32 Å². The van der Waals surface area contributed by atoms with Crippen LogP contribution in [-0.2, 0) is 16.4 Å². The molecule has 0 aliphatic heterocycles. The van der Waals surface area contributed by atoms with Crippen LogP contribution in [0.2, 0.25) is 0 Å². The Balaban J connectivity index is 2.51. The molecule has 5 heteroatoms. The Morgan fingerprint density at radius 3 is 2.21 bits per heavy atom. The summed E-state index contributed by atoms with van der Waals surface area (Å²) in [5.41, 5.74) is 1.11. The molecule has 0 fully saturated rings. The first kappa shape index (κ1) is 16.1. The summed E-state index contributed by atoms with van der Waals surface area (Å²) in [5.74, 6) is 0.620. The van der Waals surface area contributed by atoms with Gasteiger partial charge in [-0.2, -0.15) is 0 Å². The second-order valence-electron chi connectivity index (χ2n) is 5.15. The van der Waals surface area contributed by atoms with Gasteiger partial charge in [0.15, 0.2) is 0 Å². The van der Waals surface area contributed by atoms with Gasteiger partial charge >= 0.3 is 0 Å². The maximum Gasteiger partial charge on any atom is 0.238 e. The lowest BCUT2D eigenvalue weighted by molar-refractivity contribution is 0.391. The average Bonchev–Trinajstić information content (AvgIpc) is 2.33. The Morgan fingerprint density at radius 1 is 1.21 bits per heavy atom. The van der Waals surface area contributed by atoms with Crippen molar-refractivity contribution in [2.24, 2.45) is 11.1 Å². The van der Waals surface area contributed by atoms with E-state index in [0.29, 0.717) is 12.0 Å². The van der Waals surface area contributed by atoms with Crippen LogP contribution in [-0.4, -0.2) is 21.0 Å². The largest absolute Gasteiger partial charge is 0.313 e. The van der Waals surface area contributed by atoms with Crippen molar-refractivity contribution in [2.75, 3.05) is 6.54 Å². The van der Waals surface area contributed by atoms with E-state index in [9.17, 15) is 8.42 Å². The van der Waals surface area contributed by atoms with Gasteiger partial charge in [0.2, 0.25) is 10.0 Å².